The van der Waals surface area contributed by atoms with Gasteiger partial charge in [-0.2, -0.15) is 13.2 Å². The van der Waals surface area contributed by atoms with E-state index < -0.39 is 11.7 Å². The first-order chi connectivity index (χ1) is 14.1. The molecular weight excluding hydrogens is 421 g/mol. The summed E-state index contributed by atoms with van der Waals surface area (Å²) >= 11 is 5.84. The maximum absolute atomic E-state index is 12.7. The molecule has 0 saturated heterocycles. The van der Waals surface area contributed by atoms with E-state index in [1.165, 1.54) is 6.33 Å². The molecule has 0 spiro atoms. The highest BCUT2D eigenvalue weighted by molar-refractivity contribution is 6.31. The number of carbonyl (C=O) groups excluding carboxylic acids is 1. The van der Waals surface area contributed by atoms with Crippen molar-refractivity contribution in [3.8, 4) is 11.6 Å². The van der Waals surface area contributed by atoms with Gasteiger partial charge in [0.1, 0.15) is 22.9 Å². The van der Waals surface area contributed by atoms with Crippen molar-refractivity contribution in [2.75, 3.05) is 5.32 Å². The smallest absolute Gasteiger partial charge is 0.417 e. The molecule has 1 aromatic carbocycles. The molecule has 0 saturated carbocycles. The van der Waals surface area contributed by atoms with Crippen molar-refractivity contribution in [3.05, 3.63) is 70.3 Å². The van der Waals surface area contributed by atoms with Crippen LogP contribution in [0.4, 0.5) is 19.0 Å². The number of nitrogens with one attached hydrogen (secondary N) is 1. The van der Waals surface area contributed by atoms with Gasteiger partial charge in [-0.25, -0.2) is 15.0 Å². The quantitative estimate of drug-likeness (QED) is 0.599. The molecule has 0 aliphatic rings. The number of benzene rings is 1. The van der Waals surface area contributed by atoms with Gasteiger partial charge in [-0.15, -0.1) is 0 Å². The number of pyridine rings is 1. The molecule has 0 fully saturated rings. The number of rotatable bonds is 5. The third kappa shape index (κ3) is 5.24. The molecule has 0 aliphatic carbocycles. The molecule has 30 heavy (non-hydrogen) atoms. The Hall–Kier alpha value is -3.20. The zero-order valence-corrected chi connectivity index (χ0v) is 16.7. The Balaban J connectivity index is 1.64. The van der Waals surface area contributed by atoms with Crippen molar-refractivity contribution in [3.63, 3.8) is 0 Å². The maximum atomic E-state index is 12.7. The number of ether oxygens (including phenoxy) is 1. The average molecular weight is 437 g/mol. The number of alkyl halides is 3. The normalized spacial score (nSPS) is 11.3. The Labute approximate surface area is 175 Å². The first-order valence-corrected chi connectivity index (χ1v) is 9.09. The summed E-state index contributed by atoms with van der Waals surface area (Å²) in [6.45, 7) is 3.64. The van der Waals surface area contributed by atoms with Crippen LogP contribution in [0.3, 0.4) is 0 Å². The summed E-state index contributed by atoms with van der Waals surface area (Å²) in [5.74, 6) is 0.369. The van der Waals surface area contributed by atoms with Crippen molar-refractivity contribution in [2.45, 2.75) is 26.4 Å². The standard InChI is InChI=1S/C20H16ClF3N4O2/c1-11-12(2)26-10-27-18(11)28-17(29)7-13-3-5-15(6-4-13)30-19-16(21)8-14(9-25-19)20(22,23)24/h3-6,8-10H,7H2,1-2H3,(H,26,27,28,29). The molecular formula is C20H16ClF3N4O2. The topological polar surface area (TPSA) is 77.0 Å². The predicted octanol–water partition coefficient (Wildman–Crippen LogP) is 5.13. The number of aromatic nitrogens is 3. The fraction of sp³-hybridized carbons (Fsp3) is 0.200. The monoisotopic (exact) mass is 436 g/mol. The summed E-state index contributed by atoms with van der Waals surface area (Å²) in [4.78, 5) is 24.0. The maximum Gasteiger partial charge on any atom is 0.417 e. The Bertz CT molecular complexity index is 1070. The fourth-order valence-corrected chi connectivity index (χ4v) is 2.67. The van der Waals surface area contributed by atoms with Crippen molar-refractivity contribution in [2.24, 2.45) is 0 Å². The zero-order valence-electron chi connectivity index (χ0n) is 15.9. The predicted molar refractivity (Wildman–Crippen MR) is 105 cm³/mol. The van der Waals surface area contributed by atoms with Gasteiger partial charge < -0.3 is 10.1 Å². The van der Waals surface area contributed by atoms with Gasteiger partial charge >= 0.3 is 6.18 Å². The Morgan fingerprint density at radius 2 is 1.83 bits per heavy atom. The summed E-state index contributed by atoms with van der Waals surface area (Å²) in [6, 6.07) is 7.20. The summed E-state index contributed by atoms with van der Waals surface area (Å²) in [7, 11) is 0. The number of nitrogens with zero attached hydrogens (tertiary/aromatic N) is 3. The van der Waals surface area contributed by atoms with E-state index in [1.54, 1.807) is 24.3 Å². The number of hydrogen-bond acceptors (Lipinski definition) is 5. The second kappa shape index (κ2) is 8.66. The average Bonchev–Trinajstić information content (AvgIpc) is 2.67. The number of carbonyl (C=O) groups is 1. The van der Waals surface area contributed by atoms with Crippen LogP contribution in [0, 0.1) is 13.8 Å². The van der Waals surface area contributed by atoms with Crippen LogP contribution >= 0.6 is 11.6 Å². The Kier molecular flexibility index (Phi) is 6.21. The molecule has 0 radical (unpaired) electrons. The molecule has 3 rings (SSSR count). The minimum atomic E-state index is -4.54. The molecule has 2 aromatic heterocycles. The number of aryl methyl sites for hydroxylation is 1. The fourth-order valence-electron chi connectivity index (χ4n) is 2.47. The Morgan fingerprint density at radius 1 is 1.13 bits per heavy atom. The molecule has 0 atom stereocenters. The lowest BCUT2D eigenvalue weighted by Crippen LogP contribution is -2.16. The molecule has 0 unspecified atom stereocenters. The first-order valence-electron chi connectivity index (χ1n) is 8.71. The summed E-state index contributed by atoms with van der Waals surface area (Å²) in [6.07, 6.45) is -2.41. The molecule has 1 amide bonds. The lowest BCUT2D eigenvalue weighted by molar-refractivity contribution is -0.137. The highest BCUT2D eigenvalue weighted by atomic mass is 35.5. The molecule has 6 nitrogen and oxygen atoms in total. The summed E-state index contributed by atoms with van der Waals surface area (Å²) in [5, 5.41) is 2.48. The van der Waals surface area contributed by atoms with Crippen LogP contribution in [0.5, 0.6) is 11.6 Å². The van der Waals surface area contributed by atoms with Crippen LogP contribution in [0.2, 0.25) is 5.02 Å². The lowest BCUT2D eigenvalue weighted by atomic mass is 10.1. The van der Waals surface area contributed by atoms with E-state index in [4.69, 9.17) is 16.3 Å². The van der Waals surface area contributed by atoms with Gasteiger partial charge in [-0.05, 0) is 37.6 Å². The summed E-state index contributed by atoms with van der Waals surface area (Å²) in [5.41, 5.74) is 1.30. The van der Waals surface area contributed by atoms with Crippen LogP contribution in [0.25, 0.3) is 0 Å². The van der Waals surface area contributed by atoms with Crippen LogP contribution in [0.15, 0.2) is 42.9 Å². The molecule has 2 heterocycles. The Morgan fingerprint density at radius 3 is 2.47 bits per heavy atom. The van der Waals surface area contributed by atoms with Crippen LogP contribution < -0.4 is 10.1 Å². The van der Waals surface area contributed by atoms with E-state index in [0.717, 1.165) is 17.3 Å². The number of amides is 1. The molecule has 3 aromatic rings. The van der Waals surface area contributed by atoms with Gasteiger partial charge in [-0.3, -0.25) is 4.79 Å². The molecule has 0 bridgehead atoms. The van der Waals surface area contributed by atoms with Crippen molar-refractivity contribution < 1.29 is 22.7 Å². The largest absolute Gasteiger partial charge is 0.438 e. The van der Waals surface area contributed by atoms with E-state index in [-0.39, 0.29) is 23.2 Å². The highest BCUT2D eigenvalue weighted by Gasteiger charge is 2.31. The van der Waals surface area contributed by atoms with Gasteiger partial charge in [0.25, 0.3) is 0 Å². The van der Waals surface area contributed by atoms with Crippen LogP contribution in [-0.4, -0.2) is 20.9 Å². The molecule has 10 heteroatoms. The second-order valence-corrected chi connectivity index (χ2v) is 6.82. The summed E-state index contributed by atoms with van der Waals surface area (Å²) < 4.78 is 43.5. The highest BCUT2D eigenvalue weighted by Crippen LogP contribution is 2.34. The minimum Gasteiger partial charge on any atom is -0.438 e. The van der Waals surface area contributed by atoms with Gasteiger partial charge in [0, 0.05) is 17.5 Å². The van der Waals surface area contributed by atoms with Crippen molar-refractivity contribution in [1.82, 2.24) is 15.0 Å². The van der Waals surface area contributed by atoms with E-state index in [0.29, 0.717) is 23.3 Å². The lowest BCUT2D eigenvalue weighted by Gasteiger charge is -2.11. The molecule has 0 aliphatic heterocycles. The van der Waals surface area contributed by atoms with Gasteiger partial charge in [-0.1, -0.05) is 23.7 Å². The minimum absolute atomic E-state index is 0.0993. The third-order valence-corrected chi connectivity index (χ3v) is 4.50. The van der Waals surface area contributed by atoms with Crippen molar-refractivity contribution >= 4 is 23.3 Å². The van der Waals surface area contributed by atoms with Gasteiger partial charge in [0.2, 0.25) is 11.8 Å². The zero-order chi connectivity index (χ0) is 21.9. The number of hydrogen-bond donors (Lipinski definition) is 1. The van der Waals surface area contributed by atoms with Gasteiger partial charge in [0.15, 0.2) is 0 Å². The van der Waals surface area contributed by atoms with Crippen LogP contribution in [0.1, 0.15) is 22.4 Å². The molecule has 1 N–H and O–H groups in total. The first kappa shape index (κ1) is 21.5. The number of anilines is 1. The van der Waals surface area contributed by atoms with Gasteiger partial charge in [0.05, 0.1) is 12.0 Å². The van der Waals surface area contributed by atoms with Crippen molar-refractivity contribution in [1.29, 1.82) is 0 Å². The van der Waals surface area contributed by atoms with E-state index in [1.807, 2.05) is 13.8 Å². The van der Waals surface area contributed by atoms with E-state index >= 15 is 0 Å². The SMILES string of the molecule is Cc1ncnc(NC(=O)Cc2ccc(Oc3ncc(C(F)(F)F)cc3Cl)cc2)c1C. The molecule has 156 valence electrons. The van der Waals surface area contributed by atoms with E-state index in [9.17, 15) is 18.0 Å². The van der Waals surface area contributed by atoms with E-state index in [2.05, 4.69) is 20.3 Å². The number of halogens is 4. The van der Waals surface area contributed by atoms with Crippen LogP contribution in [-0.2, 0) is 17.4 Å². The second-order valence-electron chi connectivity index (χ2n) is 6.41. The third-order valence-electron chi connectivity index (χ3n) is 4.23.